The maximum Gasteiger partial charge on any atom is 0.412 e. The van der Waals surface area contributed by atoms with Crippen molar-refractivity contribution in [2.45, 2.75) is 66.0 Å². The van der Waals surface area contributed by atoms with Crippen LogP contribution >= 0.6 is 0 Å². The highest BCUT2D eigenvalue weighted by molar-refractivity contribution is 6.12. The summed E-state index contributed by atoms with van der Waals surface area (Å²) < 4.78 is 12.5. The number of rotatable bonds is 6. The molecule has 1 aromatic carbocycles. The Labute approximate surface area is 199 Å². The molecule has 34 heavy (non-hydrogen) atoms. The van der Waals surface area contributed by atoms with Gasteiger partial charge in [-0.05, 0) is 64.8 Å². The fourth-order valence-corrected chi connectivity index (χ4v) is 3.39. The van der Waals surface area contributed by atoms with Crippen LogP contribution in [0.4, 0.5) is 16.2 Å². The van der Waals surface area contributed by atoms with Crippen molar-refractivity contribution in [3.05, 3.63) is 41.7 Å². The Morgan fingerprint density at radius 3 is 2.35 bits per heavy atom. The summed E-state index contributed by atoms with van der Waals surface area (Å²) in [5.74, 6) is 0.276. The summed E-state index contributed by atoms with van der Waals surface area (Å²) in [5, 5.41) is 10.7. The molecule has 0 aliphatic heterocycles. The summed E-state index contributed by atoms with van der Waals surface area (Å²) >= 11 is 0. The largest absolute Gasteiger partial charge is 0.495 e. The van der Waals surface area contributed by atoms with Crippen LogP contribution in [0.2, 0.25) is 0 Å². The minimum absolute atomic E-state index is 0.103. The monoisotopic (exact) mass is 467 g/mol. The number of anilines is 2. The summed E-state index contributed by atoms with van der Waals surface area (Å²) in [7, 11) is 1.50. The van der Waals surface area contributed by atoms with E-state index in [1.165, 1.54) is 7.11 Å². The molecule has 9 heteroatoms. The molecule has 2 heterocycles. The molecule has 0 bridgehead atoms. The van der Waals surface area contributed by atoms with E-state index < -0.39 is 11.7 Å². The van der Waals surface area contributed by atoms with E-state index in [0.29, 0.717) is 33.7 Å². The van der Waals surface area contributed by atoms with Gasteiger partial charge in [0.25, 0.3) is 5.91 Å². The summed E-state index contributed by atoms with van der Waals surface area (Å²) in [6, 6.07) is 6.90. The molecular weight excluding hydrogens is 434 g/mol. The van der Waals surface area contributed by atoms with Crippen molar-refractivity contribution in [3.63, 3.8) is 0 Å². The van der Waals surface area contributed by atoms with Crippen LogP contribution in [0, 0.1) is 0 Å². The number of nitrogens with one attached hydrogen (secondary N) is 2. The highest BCUT2D eigenvalue weighted by atomic mass is 16.6. The second-order valence-corrected chi connectivity index (χ2v) is 9.67. The highest BCUT2D eigenvalue weighted by Crippen LogP contribution is 2.30. The van der Waals surface area contributed by atoms with Crippen molar-refractivity contribution in [3.8, 4) is 5.75 Å². The number of ether oxygens (including phenoxy) is 2. The summed E-state index contributed by atoms with van der Waals surface area (Å²) in [6.45, 7) is 13.4. The number of carbonyl (C=O) groups is 2. The Morgan fingerprint density at radius 1 is 1.06 bits per heavy atom. The Bertz CT molecular complexity index is 1210. The standard InChI is InChI=1S/C25H33N5O4/c1-14(2)19-12-17(18-13-26-30(15(3)4)22(18)28-19)23(31)27-16-9-10-21(33-8)20(11-16)29-24(32)34-25(5,6)7/h9-15H,1-8H3,(H,27,31)(H,29,32). The molecule has 9 nitrogen and oxygen atoms in total. The van der Waals surface area contributed by atoms with Crippen LogP contribution in [0.3, 0.4) is 0 Å². The normalized spacial score (nSPS) is 11.7. The number of methoxy groups -OCH3 is 1. The van der Waals surface area contributed by atoms with Gasteiger partial charge in [0, 0.05) is 17.4 Å². The summed E-state index contributed by atoms with van der Waals surface area (Å²) in [5.41, 5.74) is 2.19. The number of nitrogens with zero attached hydrogens (tertiary/aromatic N) is 3. The molecule has 3 aromatic rings. The summed E-state index contributed by atoms with van der Waals surface area (Å²) in [6.07, 6.45) is 1.05. The van der Waals surface area contributed by atoms with Crippen molar-refractivity contribution in [1.29, 1.82) is 0 Å². The molecule has 0 aliphatic carbocycles. The molecule has 0 saturated carbocycles. The maximum atomic E-state index is 13.3. The van der Waals surface area contributed by atoms with Gasteiger partial charge in [-0.2, -0.15) is 5.10 Å². The fraction of sp³-hybridized carbons (Fsp3) is 0.440. The predicted molar refractivity (Wildman–Crippen MR) is 133 cm³/mol. The van der Waals surface area contributed by atoms with Crippen molar-refractivity contribution < 1.29 is 19.1 Å². The third-order valence-corrected chi connectivity index (χ3v) is 5.00. The molecule has 0 aliphatic rings. The molecule has 0 saturated heterocycles. The molecular formula is C25H33N5O4. The lowest BCUT2D eigenvalue weighted by Gasteiger charge is -2.20. The van der Waals surface area contributed by atoms with Crippen LogP contribution < -0.4 is 15.4 Å². The van der Waals surface area contributed by atoms with Gasteiger partial charge in [-0.25, -0.2) is 14.5 Å². The van der Waals surface area contributed by atoms with E-state index in [1.807, 2.05) is 32.4 Å². The van der Waals surface area contributed by atoms with E-state index in [-0.39, 0.29) is 17.9 Å². The van der Waals surface area contributed by atoms with Gasteiger partial charge in [0.05, 0.1) is 29.9 Å². The minimum Gasteiger partial charge on any atom is -0.495 e. The zero-order valence-electron chi connectivity index (χ0n) is 21.0. The molecule has 0 radical (unpaired) electrons. The third kappa shape index (κ3) is 5.65. The van der Waals surface area contributed by atoms with E-state index in [1.54, 1.807) is 51.2 Å². The lowest BCUT2D eigenvalue weighted by atomic mass is 10.0. The first kappa shape index (κ1) is 25.0. The number of hydrogen-bond acceptors (Lipinski definition) is 6. The Morgan fingerprint density at radius 2 is 1.76 bits per heavy atom. The van der Waals surface area contributed by atoms with Gasteiger partial charge in [-0.1, -0.05) is 13.8 Å². The SMILES string of the molecule is COc1ccc(NC(=O)c2cc(C(C)C)nc3c2cnn3C(C)C)cc1NC(=O)OC(C)(C)C. The van der Waals surface area contributed by atoms with Crippen LogP contribution in [-0.4, -0.2) is 39.5 Å². The van der Waals surface area contributed by atoms with Crippen LogP contribution in [0.5, 0.6) is 5.75 Å². The smallest absolute Gasteiger partial charge is 0.412 e. The highest BCUT2D eigenvalue weighted by Gasteiger charge is 2.21. The van der Waals surface area contributed by atoms with Crippen LogP contribution in [0.15, 0.2) is 30.5 Å². The van der Waals surface area contributed by atoms with Gasteiger partial charge in [0.15, 0.2) is 5.65 Å². The van der Waals surface area contributed by atoms with Crippen LogP contribution in [0.1, 0.15) is 76.5 Å². The van der Waals surface area contributed by atoms with Gasteiger partial charge >= 0.3 is 6.09 Å². The average Bonchev–Trinajstić information content (AvgIpc) is 3.16. The van der Waals surface area contributed by atoms with Crippen molar-refractivity contribution >= 4 is 34.4 Å². The zero-order chi connectivity index (χ0) is 25.2. The lowest BCUT2D eigenvalue weighted by molar-refractivity contribution is 0.0635. The molecule has 0 fully saturated rings. The lowest BCUT2D eigenvalue weighted by Crippen LogP contribution is -2.27. The quantitative estimate of drug-likeness (QED) is 0.478. The Balaban J connectivity index is 1.94. The topological polar surface area (TPSA) is 107 Å². The maximum absolute atomic E-state index is 13.3. The number of hydrogen-bond donors (Lipinski definition) is 2. The van der Waals surface area contributed by atoms with Crippen molar-refractivity contribution in [1.82, 2.24) is 14.8 Å². The number of pyridine rings is 1. The van der Waals surface area contributed by atoms with Gasteiger partial charge in [0.2, 0.25) is 0 Å². The van der Waals surface area contributed by atoms with E-state index in [9.17, 15) is 9.59 Å². The number of fused-ring (bicyclic) bond motifs is 1. The minimum atomic E-state index is -0.648. The van der Waals surface area contributed by atoms with Gasteiger partial charge in [0.1, 0.15) is 11.4 Å². The average molecular weight is 468 g/mol. The second kappa shape index (κ2) is 9.70. The van der Waals surface area contributed by atoms with E-state index in [0.717, 1.165) is 5.69 Å². The van der Waals surface area contributed by atoms with Crippen molar-refractivity contribution in [2.24, 2.45) is 0 Å². The first-order valence-electron chi connectivity index (χ1n) is 11.3. The zero-order valence-corrected chi connectivity index (χ0v) is 21.0. The van der Waals surface area contributed by atoms with Crippen LogP contribution in [-0.2, 0) is 4.74 Å². The molecule has 2 aromatic heterocycles. The van der Waals surface area contributed by atoms with Gasteiger partial charge < -0.3 is 14.8 Å². The number of amides is 2. The Hall–Kier alpha value is -3.62. The van der Waals surface area contributed by atoms with Gasteiger partial charge in [-0.3, -0.25) is 10.1 Å². The van der Waals surface area contributed by atoms with Crippen molar-refractivity contribution in [2.75, 3.05) is 17.7 Å². The third-order valence-electron chi connectivity index (χ3n) is 5.00. The molecule has 3 rings (SSSR count). The molecule has 0 unspecified atom stereocenters. The Kier molecular flexibility index (Phi) is 7.14. The fourth-order valence-electron chi connectivity index (χ4n) is 3.39. The van der Waals surface area contributed by atoms with E-state index in [2.05, 4.69) is 15.7 Å². The number of aromatic nitrogens is 3. The van der Waals surface area contributed by atoms with E-state index >= 15 is 0 Å². The molecule has 0 atom stereocenters. The molecule has 182 valence electrons. The molecule has 2 amide bonds. The molecule has 0 spiro atoms. The second-order valence-electron chi connectivity index (χ2n) is 9.67. The van der Waals surface area contributed by atoms with Gasteiger partial charge in [-0.15, -0.1) is 0 Å². The molecule has 2 N–H and O–H groups in total. The number of benzene rings is 1. The predicted octanol–water partition coefficient (Wildman–Crippen LogP) is 5.74. The number of carbonyl (C=O) groups excluding carboxylic acids is 2. The van der Waals surface area contributed by atoms with Crippen LogP contribution in [0.25, 0.3) is 11.0 Å². The first-order valence-corrected chi connectivity index (χ1v) is 11.3. The first-order chi connectivity index (χ1) is 15.9. The summed E-state index contributed by atoms with van der Waals surface area (Å²) in [4.78, 5) is 30.3. The van der Waals surface area contributed by atoms with E-state index in [4.69, 9.17) is 14.5 Å².